The number of rotatable bonds is 6. The molecule has 0 fully saturated rings. The van der Waals surface area contributed by atoms with E-state index in [2.05, 4.69) is 29.4 Å². The molecule has 2 unspecified atom stereocenters. The van der Waals surface area contributed by atoms with Crippen LogP contribution in [0.25, 0.3) is 0 Å². The van der Waals surface area contributed by atoms with Gasteiger partial charge in [-0.2, -0.15) is 9.03 Å². The van der Waals surface area contributed by atoms with Gasteiger partial charge in [0.15, 0.2) is 0 Å². The summed E-state index contributed by atoms with van der Waals surface area (Å²) in [6, 6.07) is 39.6. The highest BCUT2D eigenvalue weighted by Gasteiger charge is 2.43. The van der Waals surface area contributed by atoms with Crippen molar-refractivity contribution in [2.45, 2.75) is 0 Å². The highest BCUT2D eigenvalue weighted by atomic mass is 31.3. The molecule has 2 aliphatic rings. The summed E-state index contributed by atoms with van der Waals surface area (Å²) in [5, 5.41) is 5.50. The van der Waals surface area contributed by atoms with Crippen molar-refractivity contribution in [1.29, 1.82) is 0 Å². The molecule has 4 aromatic carbocycles. The van der Waals surface area contributed by atoms with Crippen LogP contribution in [0.5, 0.6) is 5.75 Å². The predicted octanol–water partition coefficient (Wildman–Crippen LogP) is 7.95. The molecule has 2 aliphatic heterocycles. The molecule has 0 aromatic heterocycles. The van der Waals surface area contributed by atoms with Crippen molar-refractivity contribution in [2.75, 3.05) is 57.9 Å². The van der Waals surface area contributed by atoms with E-state index in [1.807, 2.05) is 97.1 Å². The van der Waals surface area contributed by atoms with Gasteiger partial charge in [-0.25, -0.2) is 0 Å². The fraction of sp³-hybridized carbons (Fsp3) is 0.250. The maximum atomic E-state index is 6.80. The molecule has 45 heavy (non-hydrogen) atoms. The third kappa shape index (κ3) is 8.23. The topological polar surface area (TPSA) is 104 Å². The SMILES string of the molecule is c1ccc(NP23=NP(Oc4ccccc4)(=NP(c4ccccc4)(c4ccccc4)=N2)OCCOCCOCCOCCO3)cc1. The molecular formula is C32H37N4O6P3. The van der Waals surface area contributed by atoms with Crippen molar-refractivity contribution in [3.05, 3.63) is 121 Å². The summed E-state index contributed by atoms with van der Waals surface area (Å²) < 4.78 is 54.0. The van der Waals surface area contributed by atoms with E-state index in [0.717, 1.165) is 16.3 Å². The zero-order valence-corrected chi connectivity index (χ0v) is 27.5. The molecule has 0 radical (unpaired) electrons. The maximum absolute atomic E-state index is 6.80. The second kappa shape index (κ2) is 15.5. The van der Waals surface area contributed by atoms with Gasteiger partial charge in [0.05, 0.1) is 52.9 Å². The lowest BCUT2D eigenvalue weighted by Gasteiger charge is -2.35. The molecule has 236 valence electrons. The van der Waals surface area contributed by atoms with Gasteiger partial charge in [0.1, 0.15) is 13.0 Å². The van der Waals surface area contributed by atoms with Crippen LogP contribution in [0, 0.1) is 0 Å². The standard InChI is InChI=1S/C32H37N4O6P3/c1-5-13-29(14-6-1)33-44-34-43(31-17-9-3-10-18-31,32-19-11-4-12-20-32)35-45(36-44,42-30-15-7-2-8-16-30)41-28-26-39-24-22-37-21-23-38-25-27-40-44/h1-20,33H,21-28H2. The van der Waals surface area contributed by atoms with Gasteiger partial charge in [-0.1, -0.05) is 97.1 Å². The van der Waals surface area contributed by atoms with Gasteiger partial charge < -0.3 is 28.3 Å². The summed E-state index contributed by atoms with van der Waals surface area (Å²) in [6.07, 6.45) is 0. The second-order valence-corrected chi connectivity index (χ2v) is 17.3. The molecule has 0 amide bonds. The number of nitrogens with zero attached hydrogens (tertiary/aromatic N) is 3. The maximum Gasteiger partial charge on any atom is 0.399 e. The Kier molecular flexibility index (Phi) is 11.0. The van der Waals surface area contributed by atoms with Crippen molar-refractivity contribution >= 4 is 38.7 Å². The van der Waals surface area contributed by atoms with Crippen LogP contribution in [-0.2, 0) is 23.3 Å². The Hall–Kier alpha value is -3.03. The van der Waals surface area contributed by atoms with E-state index >= 15 is 0 Å². The number of anilines is 1. The first-order valence-electron chi connectivity index (χ1n) is 14.8. The van der Waals surface area contributed by atoms with Crippen molar-refractivity contribution in [2.24, 2.45) is 13.5 Å². The van der Waals surface area contributed by atoms with Gasteiger partial charge in [0.25, 0.3) is 0 Å². The predicted molar refractivity (Wildman–Crippen MR) is 182 cm³/mol. The van der Waals surface area contributed by atoms with Gasteiger partial charge in [-0.05, 0) is 24.3 Å². The second-order valence-electron chi connectivity index (χ2n) is 9.96. The van der Waals surface area contributed by atoms with Gasteiger partial charge in [-0.15, -0.1) is 4.52 Å². The third-order valence-electron chi connectivity index (χ3n) is 6.71. The van der Waals surface area contributed by atoms with Crippen molar-refractivity contribution in [3.8, 4) is 5.75 Å². The average Bonchev–Trinajstić information content (AvgIpc) is 3.08. The number of fused-ring (bicyclic) bond motifs is 1. The number of para-hydroxylation sites is 2. The minimum Gasteiger partial charge on any atom is -0.422 e. The quantitative estimate of drug-likeness (QED) is 0.208. The lowest BCUT2D eigenvalue weighted by molar-refractivity contribution is 0.00508. The average molecular weight is 667 g/mol. The number of hydrogen-bond acceptors (Lipinski definition) is 10. The molecule has 0 aliphatic carbocycles. The molecule has 1 N–H and O–H groups in total. The van der Waals surface area contributed by atoms with E-state index in [0.29, 0.717) is 45.4 Å². The van der Waals surface area contributed by atoms with Crippen LogP contribution in [0.1, 0.15) is 0 Å². The van der Waals surface area contributed by atoms with Crippen molar-refractivity contribution in [1.82, 2.24) is 0 Å². The van der Waals surface area contributed by atoms with Gasteiger partial charge in [-0.3, -0.25) is 4.52 Å². The van der Waals surface area contributed by atoms with Crippen LogP contribution in [0.15, 0.2) is 135 Å². The van der Waals surface area contributed by atoms with E-state index in [1.165, 1.54) is 0 Å². The molecule has 0 spiro atoms. The lowest BCUT2D eigenvalue weighted by atomic mass is 10.3. The fourth-order valence-electron chi connectivity index (χ4n) is 4.70. The first-order valence-corrected chi connectivity index (χ1v) is 19.7. The Morgan fingerprint density at radius 2 is 0.956 bits per heavy atom. The van der Waals surface area contributed by atoms with Crippen LogP contribution in [0.2, 0.25) is 0 Å². The van der Waals surface area contributed by atoms with Crippen molar-refractivity contribution < 1.29 is 27.8 Å². The van der Waals surface area contributed by atoms with Gasteiger partial charge in [0, 0.05) is 16.3 Å². The number of ether oxygens (including phenoxy) is 3. The van der Waals surface area contributed by atoms with E-state index in [-0.39, 0.29) is 13.2 Å². The normalized spacial score (nSPS) is 24.2. The van der Waals surface area contributed by atoms with Crippen LogP contribution in [-0.4, -0.2) is 52.9 Å². The van der Waals surface area contributed by atoms with Crippen LogP contribution >= 0.6 is 22.4 Å². The molecule has 4 aromatic rings. The molecular weight excluding hydrogens is 629 g/mol. The summed E-state index contributed by atoms with van der Waals surface area (Å²) in [6.45, 7) is 2.86. The van der Waals surface area contributed by atoms with E-state index in [4.69, 9.17) is 41.3 Å². The largest absolute Gasteiger partial charge is 0.422 e. The molecule has 2 atom stereocenters. The molecule has 6 rings (SSSR count). The Morgan fingerprint density at radius 1 is 0.489 bits per heavy atom. The van der Waals surface area contributed by atoms with Gasteiger partial charge in [0.2, 0.25) is 0 Å². The highest BCUT2D eigenvalue weighted by molar-refractivity contribution is 7.90. The van der Waals surface area contributed by atoms with E-state index in [1.54, 1.807) is 0 Å². The lowest BCUT2D eigenvalue weighted by Crippen LogP contribution is -2.19. The fourth-order valence-corrected chi connectivity index (χ4v) is 16.3. The Bertz CT molecular complexity index is 1580. The zero-order chi connectivity index (χ0) is 30.7. The van der Waals surface area contributed by atoms with Crippen molar-refractivity contribution in [3.63, 3.8) is 0 Å². The number of nitrogens with one attached hydrogen (secondary N) is 1. The molecule has 0 saturated carbocycles. The Morgan fingerprint density at radius 3 is 1.51 bits per heavy atom. The molecule has 10 nitrogen and oxygen atoms in total. The summed E-state index contributed by atoms with van der Waals surface area (Å²) in [4.78, 5) is 0. The Labute approximate surface area is 264 Å². The molecule has 13 heteroatoms. The minimum absolute atomic E-state index is 0.200. The monoisotopic (exact) mass is 666 g/mol. The summed E-state index contributed by atoms with van der Waals surface area (Å²) in [5.41, 5.74) is 0.810. The van der Waals surface area contributed by atoms with Crippen LogP contribution < -0.4 is 20.2 Å². The van der Waals surface area contributed by atoms with Crippen LogP contribution in [0.4, 0.5) is 5.69 Å². The zero-order valence-electron chi connectivity index (χ0n) is 24.8. The number of benzene rings is 4. The first kappa shape index (κ1) is 31.9. The number of hydrogen-bond donors (Lipinski definition) is 1. The summed E-state index contributed by atoms with van der Waals surface area (Å²) in [5.74, 6) is 0.587. The van der Waals surface area contributed by atoms with E-state index < -0.39 is 22.4 Å². The summed E-state index contributed by atoms with van der Waals surface area (Å²) >= 11 is 0. The highest BCUT2D eigenvalue weighted by Crippen LogP contribution is 2.78. The molecule has 0 saturated heterocycles. The molecule has 2 heterocycles. The van der Waals surface area contributed by atoms with Crippen LogP contribution in [0.3, 0.4) is 0 Å². The summed E-state index contributed by atoms with van der Waals surface area (Å²) in [7, 11) is -9.81. The Balaban J connectivity index is 1.63. The minimum atomic E-state index is -3.50. The third-order valence-corrected chi connectivity index (χ3v) is 16.6. The molecule has 2 bridgehead atoms. The van der Waals surface area contributed by atoms with E-state index in [9.17, 15) is 0 Å². The van der Waals surface area contributed by atoms with Gasteiger partial charge >= 0.3 is 15.2 Å². The first-order chi connectivity index (χ1) is 22.2. The smallest absolute Gasteiger partial charge is 0.399 e.